The molecular formula is C28H28ClN3O3. The highest BCUT2D eigenvalue weighted by atomic mass is 35.5. The average Bonchev–Trinajstić information content (AvgIpc) is 2.89. The lowest BCUT2D eigenvalue weighted by atomic mass is 9.96. The standard InChI is InChI=1S/C28H28ClN3O3/c29-24-12-8-21(9-13-24)27(34)31-25-14-10-22(11-15-25)28(35)32-18-4-7-23(19-32)26(33)30-17-16-20-5-2-1-3-6-20/h1-3,5-6,8-15,23H,4,7,16-19H2,(H,30,33)(H,31,34). The molecule has 1 fully saturated rings. The Morgan fingerprint density at radius 2 is 1.57 bits per heavy atom. The fourth-order valence-corrected chi connectivity index (χ4v) is 4.30. The molecule has 3 amide bonds. The van der Waals surface area contributed by atoms with E-state index in [1.54, 1.807) is 53.4 Å². The second-order valence-electron chi connectivity index (χ2n) is 8.66. The maximum absolute atomic E-state index is 13.0. The van der Waals surface area contributed by atoms with Crippen molar-refractivity contribution in [2.75, 3.05) is 25.0 Å². The van der Waals surface area contributed by atoms with Gasteiger partial charge in [-0.1, -0.05) is 41.9 Å². The summed E-state index contributed by atoms with van der Waals surface area (Å²) < 4.78 is 0. The minimum atomic E-state index is -0.252. The minimum absolute atomic E-state index is 0.00121. The average molecular weight is 490 g/mol. The Balaban J connectivity index is 1.29. The summed E-state index contributed by atoms with van der Waals surface area (Å²) in [7, 11) is 0. The number of benzene rings is 3. The summed E-state index contributed by atoms with van der Waals surface area (Å²) in [5.41, 5.74) is 2.80. The molecule has 7 heteroatoms. The topological polar surface area (TPSA) is 78.5 Å². The van der Waals surface area contributed by atoms with Crippen LogP contribution in [0, 0.1) is 5.92 Å². The molecule has 3 aromatic carbocycles. The van der Waals surface area contributed by atoms with Crippen molar-refractivity contribution in [3.05, 3.63) is 101 Å². The zero-order valence-electron chi connectivity index (χ0n) is 19.4. The molecule has 1 aliphatic heterocycles. The number of piperidine rings is 1. The molecule has 1 saturated heterocycles. The molecular weight excluding hydrogens is 462 g/mol. The van der Waals surface area contributed by atoms with E-state index in [4.69, 9.17) is 11.6 Å². The number of hydrogen-bond donors (Lipinski definition) is 2. The summed E-state index contributed by atoms with van der Waals surface area (Å²) in [6.45, 7) is 1.61. The van der Waals surface area contributed by atoms with Crippen molar-refractivity contribution in [3.63, 3.8) is 0 Å². The van der Waals surface area contributed by atoms with Crippen molar-refractivity contribution in [2.45, 2.75) is 19.3 Å². The van der Waals surface area contributed by atoms with Crippen molar-refractivity contribution in [1.29, 1.82) is 0 Å². The van der Waals surface area contributed by atoms with Gasteiger partial charge in [-0.25, -0.2) is 0 Å². The molecule has 35 heavy (non-hydrogen) atoms. The number of carbonyl (C=O) groups excluding carboxylic acids is 3. The summed E-state index contributed by atoms with van der Waals surface area (Å²) in [5, 5.41) is 6.40. The first-order chi connectivity index (χ1) is 17.0. The molecule has 0 aliphatic carbocycles. The third-order valence-corrected chi connectivity index (χ3v) is 6.38. The van der Waals surface area contributed by atoms with Gasteiger partial charge in [0, 0.05) is 41.5 Å². The van der Waals surface area contributed by atoms with Gasteiger partial charge in [-0.2, -0.15) is 0 Å². The number of amides is 3. The van der Waals surface area contributed by atoms with Crippen LogP contribution in [-0.4, -0.2) is 42.3 Å². The number of nitrogens with zero attached hydrogens (tertiary/aromatic N) is 1. The summed E-state index contributed by atoms with van der Waals surface area (Å²) in [6.07, 6.45) is 2.34. The zero-order valence-corrected chi connectivity index (χ0v) is 20.1. The summed E-state index contributed by atoms with van der Waals surface area (Å²) in [6, 6.07) is 23.5. The maximum atomic E-state index is 13.0. The molecule has 0 saturated carbocycles. The van der Waals surface area contributed by atoms with Crippen molar-refractivity contribution in [1.82, 2.24) is 10.2 Å². The van der Waals surface area contributed by atoms with Crippen LogP contribution in [0.25, 0.3) is 0 Å². The maximum Gasteiger partial charge on any atom is 0.255 e. The molecule has 4 rings (SSSR count). The Morgan fingerprint density at radius 1 is 0.886 bits per heavy atom. The third kappa shape index (κ3) is 6.70. The lowest BCUT2D eigenvalue weighted by molar-refractivity contribution is -0.126. The number of nitrogens with one attached hydrogen (secondary N) is 2. The van der Waals surface area contributed by atoms with Crippen LogP contribution in [0.15, 0.2) is 78.9 Å². The Morgan fingerprint density at radius 3 is 2.29 bits per heavy atom. The van der Waals surface area contributed by atoms with Gasteiger partial charge in [0.05, 0.1) is 5.92 Å². The molecule has 0 bridgehead atoms. The van der Waals surface area contributed by atoms with Gasteiger partial charge in [0.1, 0.15) is 0 Å². The first-order valence-electron chi connectivity index (χ1n) is 11.8. The Kier molecular flexibility index (Phi) is 8.16. The van der Waals surface area contributed by atoms with Crippen LogP contribution in [0.4, 0.5) is 5.69 Å². The fraction of sp³-hybridized carbons (Fsp3) is 0.250. The molecule has 3 aromatic rings. The molecule has 1 aliphatic rings. The number of rotatable bonds is 7. The monoisotopic (exact) mass is 489 g/mol. The Hall–Kier alpha value is -3.64. The minimum Gasteiger partial charge on any atom is -0.355 e. The van der Waals surface area contributed by atoms with E-state index >= 15 is 0 Å². The van der Waals surface area contributed by atoms with E-state index in [9.17, 15) is 14.4 Å². The van der Waals surface area contributed by atoms with E-state index in [2.05, 4.69) is 10.6 Å². The van der Waals surface area contributed by atoms with Crippen molar-refractivity contribution >= 4 is 35.0 Å². The largest absolute Gasteiger partial charge is 0.355 e. The molecule has 1 heterocycles. The predicted molar refractivity (Wildman–Crippen MR) is 138 cm³/mol. The highest BCUT2D eigenvalue weighted by Gasteiger charge is 2.28. The zero-order chi connectivity index (χ0) is 24.6. The molecule has 1 atom stereocenters. The van der Waals surface area contributed by atoms with Gasteiger partial charge in [0.2, 0.25) is 5.91 Å². The number of anilines is 1. The quantitative estimate of drug-likeness (QED) is 0.500. The van der Waals surface area contributed by atoms with Crippen molar-refractivity contribution in [3.8, 4) is 0 Å². The molecule has 2 N–H and O–H groups in total. The van der Waals surface area contributed by atoms with Gasteiger partial charge in [0.15, 0.2) is 0 Å². The van der Waals surface area contributed by atoms with Gasteiger partial charge in [-0.05, 0) is 73.4 Å². The van der Waals surface area contributed by atoms with E-state index in [-0.39, 0.29) is 23.6 Å². The first-order valence-corrected chi connectivity index (χ1v) is 12.2. The van der Waals surface area contributed by atoms with Gasteiger partial charge in [0.25, 0.3) is 11.8 Å². The van der Waals surface area contributed by atoms with Gasteiger partial charge in [-0.3, -0.25) is 14.4 Å². The van der Waals surface area contributed by atoms with Gasteiger partial charge in [-0.15, -0.1) is 0 Å². The second-order valence-corrected chi connectivity index (χ2v) is 9.09. The predicted octanol–water partition coefficient (Wildman–Crippen LogP) is 4.80. The van der Waals surface area contributed by atoms with Crippen LogP contribution in [0.1, 0.15) is 39.1 Å². The van der Waals surface area contributed by atoms with Crippen LogP contribution in [-0.2, 0) is 11.2 Å². The first kappa shape index (κ1) is 24.5. The fourth-order valence-electron chi connectivity index (χ4n) is 4.18. The van der Waals surface area contributed by atoms with Crippen LogP contribution < -0.4 is 10.6 Å². The Labute approximate surface area is 210 Å². The molecule has 1 unspecified atom stereocenters. The third-order valence-electron chi connectivity index (χ3n) is 6.13. The smallest absolute Gasteiger partial charge is 0.255 e. The van der Waals surface area contributed by atoms with Crippen LogP contribution in [0.5, 0.6) is 0 Å². The number of hydrogen-bond acceptors (Lipinski definition) is 3. The van der Waals surface area contributed by atoms with E-state index in [0.29, 0.717) is 41.5 Å². The number of likely N-dealkylation sites (tertiary alicyclic amines) is 1. The highest BCUT2D eigenvalue weighted by molar-refractivity contribution is 6.30. The molecule has 0 aromatic heterocycles. The molecule has 6 nitrogen and oxygen atoms in total. The van der Waals surface area contributed by atoms with Gasteiger partial charge < -0.3 is 15.5 Å². The van der Waals surface area contributed by atoms with E-state index in [1.165, 1.54) is 5.56 Å². The van der Waals surface area contributed by atoms with E-state index < -0.39 is 0 Å². The van der Waals surface area contributed by atoms with Crippen molar-refractivity contribution in [2.24, 2.45) is 5.92 Å². The molecule has 180 valence electrons. The van der Waals surface area contributed by atoms with Gasteiger partial charge >= 0.3 is 0 Å². The summed E-state index contributed by atoms with van der Waals surface area (Å²) >= 11 is 5.87. The van der Waals surface area contributed by atoms with E-state index in [0.717, 1.165) is 19.3 Å². The molecule has 0 spiro atoms. The molecule has 0 radical (unpaired) electrons. The number of halogens is 1. The lowest BCUT2D eigenvalue weighted by Gasteiger charge is -2.32. The van der Waals surface area contributed by atoms with E-state index in [1.807, 2.05) is 30.3 Å². The number of carbonyl (C=O) groups is 3. The van der Waals surface area contributed by atoms with Crippen molar-refractivity contribution < 1.29 is 14.4 Å². The second kappa shape index (κ2) is 11.7. The van der Waals surface area contributed by atoms with Crippen LogP contribution in [0.2, 0.25) is 5.02 Å². The lowest BCUT2D eigenvalue weighted by Crippen LogP contribution is -2.45. The van der Waals surface area contributed by atoms with Crippen LogP contribution >= 0.6 is 11.6 Å². The van der Waals surface area contributed by atoms with Crippen LogP contribution in [0.3, 0.4) is 0 Å². The SMILES string of the molecule is O=C(Nc1ccc(C(=O)N2CCCC(C(=O)NCCc3ccccc3)C2)cc1)c1ccc(Cl)cc1. The highest BCUT2D eigenvalue weighted by Crippen LogP contribution is 2.20. The Bertz CT molecular complexity index is 1160. The normalized spacial score (nSPS) is 15.3. The summed E-state index contributed by atoms with van der Waals surface area (Å²) in [4.78, 5) is 39.8. The summed E-state index contributed by atoms with van der Waals surface area (Å²) in [5.74, 6) is -0.569.